The average Bonchev–Trinajstić information content (AvgIpc) is 2.30. The van der Waals surface area contributed by atoms with Gasteiger partial charge in [0, 0.05) is 33.4 Å². The number of hydrogen-bond donors (Lipinski definition) is 1. The van der Waals surface area contributed by atoms with E-state index in [0.717, 1.165) is 39.4 Å². The van der Waals surface area contributed by atoms with Gasteiger partial charge in [-0.25, -0.2) is 0 Å². The Hall–Kier alpha value is -0.160. The lowest BCUT2D eigenvalue weighted by Crippen LogP contribution is -2.46. The van der Waals surface area contributed by atoms with Gasteiger partial charge in [0.2, 0.25) is 0 Å². The van der Waals surface area contributed by atoms with E-state index in [4.69, 9.17) is 9.47 Å². The third kappa shape index (κ3) is 7.17. The molecule has 0 amide bonds. The molecule has 0 fully saturated rings. The second kappa shape index (κ2) is 11.3. The van der Waals surface area contributed by atoms with E-state index in [-0.39, 0.29) is 0 Å². The highest BCUT2D eigenvalue weighted by Crippen LogP contribution is 1.99. The van der Waals surface area contributed by atoms with E-state index in [1.165, 1.54) is 6.42 Å². The lowest BCUT2D eigenvalue weighted by molar-refractivity contribution is 0.0704. The van der Waals surface area contributed by atoms with Gasteiger partial charge in [-0.05, 0) is 19.5 Å². The van der Waals surface area contributed by atoms with Crippen molar-refractivity contribution in [3.05, 3.63) is 0 Å². The molecule has 0 spiro atoms. The van der Waals surface area contributed by atoms with Crippen molar-refractivity contribution in [1.82, 2.24) is 10.2 Å². The molecule has 0 bridgehead atoms. The number of ether oxygens (including phenoxy) is 2. The molecular weight excluding hydrogens is 204 g/mol. The van der Waals surface area contributed by atoms with Gasteiger partial charge in [0.1, 0.15) is 0 Å². The van der Waals surface area contributed by atoms with Crippen LogP contribution in [0.3, 0.4) is 0 Å². The molecule has 0 aromatic rings. The Morgan fingerprint density at radius 3 is 2.44 bits per heavy atom. The van der Waals surface area contributed by atoms with Crippen LogP contribution in [0.25, 0.3) is 0 Å². The van der Waals surface area contributed by atoms with E-state index < -0.39 is 0 Å². The summed E-state index contributed by atoms with van der Waals surface area (Å²) in [5.41, 5.74) is 0. The lowest BCUT2D eigenvalue weighted by Gasteiger charge is -2.30. The third-order valence-corrected chi connectivity index (χ3v) is 2.67. The Morgan fingerprint density at radius 2 is 1.94 bits per heavy atom. The molecule has 1 unspecified atom stereocenters. The molecule has 4 nitrogen and oxygen atoms in total. The minimum Gasteiger partial charge on any atom is -0.383 e. The van der Waals surface area contributed by atoms with Crippen LogP contribution in [0.2, 0.25) is 0 Å². The van der Waals surface area contributed by atoms with Crippen LogP contribution in [0.15, 0.2) is 0 Å². The summed E-state index contributed by atoms with van der Waals surface area (Å²) in [5, 5.41) is 3.45. The van der Waals surface area contributed by atoms with Gasteiger partial charge in [0.15, 0.2) is 0 Å². The van der Waals surface area contributed by atoms with Gasteiger partial charge in [-0.3, -0.25) is 4.90 Å². The second-order valence-corrected chi connectivity index (χ2v) is 3.93. The molecule has 0 rings (SSSR count). The van der Waals surface area contributed by atoms with Crippen LogP contribution in [0.1, 0.15) is 20.3 Å². The minimum absolute atomic E-state index is 0.441. The summed E-state index contributed by atoms with van der Waals surface area (Å²) in [5.74, 6) is 0. The topological polar surface area (TPSA) is 33.7 Å². The maximum Gasteiger partial charge on any atom is 0.0630 e. The van der Waals surface area contributed by atoms with Crippen LogP contribution in [-0.4, -0.2) is 64.6 Å². The number of hydrogen-bond acceptors (Lipinski definition) is 4. The van der Waals surface area contributed by atoms with Crippen molar-refractivity contribution in [1.29, 1.82) is 0 Å². The number of likely N-dealkylation sites (N-methyl/N-ethyl adjacent to an activating group) is 1. The van der Waals surface area contributed by atoms with Gasteiger partial charge < -0.3 is 14.8 Å². The molecule has 0 aromatic carbocycles. The Bertz CT molecular complexity index is 145. The largest absolute Gasteiger partial charge is 0.383 e. The predicted octanol–water partition coefficient (Wildman–Crippen LogP) is 0.969. The van der Waals surface area contributed by atoms with Crippen LogP contribution in [0, 0.1) is 0 Å². The van der Waals surface area contributed by atoms with E-state index in [1.807, 2.05) is 0 Å². The molecule has 0 aliphatic rings. The molecule has 0 radical (unpaired) electrons. The summed E-state index contributed by atoms with van der Waals surface area (Å²) >= 11 is 0. The summed E-state index contributed by atoms with van der Waals surface area (Å²) in [7, 11) is 3.51. The molecule has 4 heteroatoms. The summed E-state index contributed by atoms with van der Waals surface area (Å²) in [4.78, 5) is 2.40. The Balaban J connectivity index is 4.00. The monoisotopic (exact) mass is 232 g/mol. The maximum atomic E-state index is 5.27. The van der Waals surface area contributed by atoms with Crippen LogP contribution in [-0.2, 0) is 9.47 Å². The first kappa shape index (κ1) is 15.8. The van der Waals surface area contributed by atoms with Gasteiger partial charge in [-0.2, -0.15) is 0 Å². The van der Waals surface area contributed by atoms with Gasteiger partial charge in [0.05, 0.1) is 13.2 Å². The van der Waals surface area contributed by atoms with E-state index in [2.05, 4.69) is 24.1 Å². The molecule has 98 valence electrons. The molecule has 0 heterocycles. The van der Waals surface area contributed by atoms with Crippen molar-refractivity contribution in [2.75, 3.05) is 53.6 Å². The van der Waals surface area contributed by atoms with E-state index in [9.17, 15) is 0 Å². The summed E-state index contributed by atoms with van der Waals surface area (Å²) in [6.07, 6.45) is 1.17. The molecule has 1 N–H and O–H groups in total. The Morgan fingerprint density at radius 1 is 1.19 bits per heavy atom. The smallest absolute Gasteiger partial charge is 0.0630 e. The summed E-state index contributed by atoms with van der Waals surface area (Å²) < 4.78 is 10.4. The SMILES string of the molecule is CCCNCC(COC)N(CC)CCOC. The lowest BCUT2D eigenvalue weighted by atomic mass is 10.2. The first-order chi connectivity index (χ1) is 7.79. The molecule has 0 saturated heterocycles. The molecule has 0 aromatic heterocycles. The second-order valence-electron chi connectivity index (χ2n) is 3.93. The van der Waals surface area contributed by atoms with Crippen LogP contribution >= 0.6 is 0 Å². The zero-order chi connectivity index (χ0) is 12.2. The standard InChI is InChI=1S/C12H28N2O2/c1-5-7-13-10-12(11-16-4)14(6-2)8-9-15-3/h12-13H,5-11H2,1-4H3. The molecule has 1 atom stereocenters. The highest BCUT2D eigenvalue weighted by Gasteiger charge is 2.15. The normalized spacial score (nSPS) is 13.3. The van der Waals surface area contributed by atoms with Crippen molar-refractivity contribution < 1.29 is 9.47 Å². The van der Waals surface area contributed by atoms with Crippen LogP contribution < -0.4 is 5.32 Å². The predicted molar refractivity (Wildman–Crippen MR) is 67.9 cm³/mol. The Labute approximate surface area is 100 Å². The van der Waals surface area contributed by atoms with Gasteiger partial charge >= 0.3 is 0 Å². The number of nitrogens with one attached hydrogen (secondary N) is 1. The Kier molecular flexibility index (Phi) is 11.2. The fourth-order valence-electron chi connectivity index (χ4n) is 1.74. The fraction of sp³-hybridized carbons (Fsp3) is 1.00. The highest BCUT2D eigenvalue weighted by atomic mass is 16.5. The molecule has 0 aliphatic carbocycles. The number of rotatable bonds is 11. The number of methoxy groups -OCH3 is 2. The average molecular weight is 232 g/mol. The van der Waals surface area contributed by atoms with E-state index in [1.54, 1.807) is 14.2 Å². The maximum absolute atomic E-state index is 5.27. The third-order valence-electron chi connectivity index (χ3n) is 2.67. The van der Waals surface area contributed by atoms with E-state index in [0.29, 0.717) is 6.04 Å². The molecule has 16 heavy (non-hydrogen) atoms. The summed E-state index contributed by atoms with van der Waals surface area (Å²) in [6.45, 7) is 9.97. The van der Waals surface area contributed by atoms with Crippen LogP contribution in [0.5, 0.6) is 0 Å². The zero-order valence-electron chi connectivity index (χ0n) is 11.3. The molecular formula is C12H28N2O2. The van der Waals surface area contributed by atoms with Gasteiger partial charge in [-0.1, -0.05) is 13.8 Å². The van der Waals surface area contributed by atoms with Gasteiger partial charge in [0.25, 0.3) is 0 Å². The van der Waals surface area contributed by atoms with Crippen LogP contribution in [0.4, 0.5) is 0 Å². The number of nitrogens with zero attached hydrogens (tertiary/aromatic N) is 1. The zero-order valence-corrected chi connectivity index (χ0v) is 11.3. The van der Waals surface area contributed by atoms with Crippen molar-refractivity contribution >= 4 is 0 Å². The molecule has 0 aliphatic heterocycles. The highest BCUT2D eigenvalue weighted by molar-refractivity contribution is 4.73. The van der Waals surface area contributed by atoms with Crippen molar-refractivity contribution in [3.8, 4) is 0 Å². The fourth-order valence-corrected chi connectivity index (χ4v) is 1.74. The van der Waals surface area contributed by atoms with Crippen molar-refractivity contribution in [3.63, 3.8) is 0 Å². The first-order valence-corrected chi connectivity index (χ1v) is 6.22. The van der Waals surface area contributed by atoms with Gasteiger partial charge in [-0.15, -0.1) is 0 Å². The first-order valence-electron chi connectivity index (χ1n) is 6.22. The quantitative estimate of drug-likeness (QED) is 0.538. The summed E-state index contributed by atoms with van der Waals surface area (Å²) in [6, 6.07) is 0.441. The minimum atomic E-state index is 0.441. The molecule has 0 saturated carbocycles. The van der Waals surface area contributed by atoms with Crippen molar-refractivity contribution in [2.45, 2.75) is 26.3 Å². The van der Waals surface area contributed by atoms with Crippen molar-refractivity contribution in [2.24, 2.45) is 0 Å². The van der Waals surface area contributed by atoms with E-state index >= 15 is 0 Å².